The third kappa shape index (κ3) is 3.54. The Morgan fingerprint density at radius 1 is 1.38 bits per heavy atom. The molecular weight excluding hydrogens is 363 g/mol. The van der Waals surface area contributed by atoms with Gasteiger partial charge in [-0.25, -0.2) is 4.39 Å². The Bertz CT molecular complexity index is 656. The van der Waals surface area contributed by atoms with Crippen LogP contribution in [0.4, 0.5) is 4.39 Å². The molecule has 0 unspecified atom stereocenters. The number of halogens is 3. The Hall–Kier alpha value is -1.59. The van der Waals surface area contributed by atoms with Gasteiger partial charge in [-0.1, -0.05) is 17.7 Å². The number of methoxy groups -OCH3 is 1. The van der Waals surface area contributed by atoms with Crippen LogP contribution in [0.15, 0.2) is 34.8 Å². The molecule has 0 fully saturated rings. The van der Waals surface area contributed by atoms with Crippen molar-refractivity contribution >= 4 is 33.8 Å². The normalized spacial score (nSPS) is 10.3. The molecule has 0 saturated heterocycles. The summed E-state index contributed by atoms with van der Waals surface area (Å²) in [5.74, 6) is 0.309. The van der Waals surface area contributed by atoms with Crippen LogP contribution in [-0.4, -0.2) is 13.4 Å². The molecule has 0 aliphatic rings. The van der Waals surface area contributed by atoms with Crippen LogP contribution in [0.3, 0.4) is 0 Å². The van der Waals surface area contributed by atoms with Crippen LogP contribution in [0.2, 0.25) is 5.02 Å². The van der Waals surface area contributed by atoms with Crippen molar-refractivity contribution in [1.82, 2.24) is 0 Å². The molecule has 0 aromatic heterocycles. The average Bonchev–Trinajstić information content (AvgIpc) is 2.47. The zero-order valence-corrected chi connectivity index (χ0v) is 13.4. The topological polar surface area (TPSA) is 35.5 Å². The summed E-state index contributed by atoms with van der Waals surface area (Å²) in [5, 5.41) is 0.287. The monoisotopic (exact) mass is 372 g/mol. The van der Waals surface area contributed by atoms with E-state index in [4.69, 9.17) is 21.1 Å². The highest BCUT2D eigenvalue weighted by atomic mass is 79.9. The Labute approximate surface area is 134 Å². The molecule has 0 aliphatic carbocycles. The molecule has 2 aromatic carbocycles. The van der Waals surface area contributed by atoms with Crippen LogP contribution < -0.4 is 9.47 Å². The second-order valence-corrected chi connectivity index (χ2v) is 5.40. The molecular formula is C15H11BrClFO3. The van der Waals surface area contributed by atoms with Crippen LogP contribution in [0.25, 0.3) is 0 Å². The van der Waals surface area contributed by atoms with Crippen LogP contribution in [0, 0.1) is 5.82 Å². The number of carbonyl (C=O) groups is 1. The van der Waals surface area contributed by atoms with Gasteiger partial charge in [0.2, 0.25) is 0 Å². The highest BCUT2D eigenvalue weighted by Crippen LogP contribution is 2.37. The van der Waals surface area contributed by atoms with Crippen LogP contribution in [0.5, 0.6) is 11.5 Å². The highest BCUT2D eigenvalue weighted by Gasteiger charge is 2.14. The first kappa shape index (κ1) is 15.8. The van der Waals surface area contributed by atoms with Crippen molar-refractivity contribution < 1.29 is 18.7 Å². The summed E-state index contributed by atoms with van der Waals surface area (Å²) in [5.41, 5.74) is 0.697. The Kier molecular flexibility index (Phi) is 5.20. The minimum atomic E-state index is -0.442. The van der Waals surface area contributed by atoms with Gasteiger partial charge < -0.3 is 9.47 Å². The van der Waals surface area contributed by atoms with Gasteiger partial charge in [0.15, 0.2) is 11.5 Å². The van der Waals surface area contributed by atoms with E-state index in [1.807, 2.05) is 0 Å². The zero-order valence-electron chi connectivity index (χ0n) is 11.0. The first-order valence-corrected chi connectivity index (χ1v) is 7.12. The number of carbonyl (C=O) groups excluding carboxylic acids is 1. The third-order valence-electron chi connectivity index (χ3n) is 2.81. The summed E-state index contributed by atoms with van der Waals surface area (Å²) in [6.07, 6.45) is 0.699. The summed E-state index contributed by atoms with van der Waals surface area (Å²) in [6, 6.07) is 7.55. The molecule has 0 saturated carbocycles. The van der Waals surface area contributed by atoms with Gasteiger partial charge in [-0.3, -0.25) is 4.79 Å². The first-order valence-electron chi connectivity index (χ1n) is 5.95. The standard InChI is InChI=1S/C15H11BrClFO3/c1-20-14-6-9(7-19)5-11(16)15(14)21-8-10-12(17)3-2-4-13(10)18/h2-7H,8H2,1H3. The van der Waals surface area contributed by atoms with E-state index in [9.17, 15) is 9.18 Å². The van der Waals surface area contributed by atoms with Crippen molar-refractivity contribution in [2.45, 2.75) is 6.61 Å². The molecule has 3 nitrogen and oxygen atoms in total. The summed E-state index contributed by atoms with van der Waals surface area (Å²) < 4.78 is 25.0. The van der Waals surface area contributed by atoms with Crippen LogP contribution in [-0.2, 0) is 6.61 Å². The van der Waals surface area contributed by atoms with Gasteiger partial charge in [0, 0.05) is 11.1 Å². The van der Waals surface area contributed by atoms with Crippen molar-refractivity contribution in [2.75, 3.05) is 7.11 Å². The van der Waals surface area contributed by atoms with E-state index in [-0.39, 0.29) is 17.2 Å². The van der Waals surface area contributed by atoms with E-state index in [2.05, 4.69) is 15.9 Å². The minimum absolute atomic E-state index is 0.0547. The lowest BCUT2D eigenvalue weighted by molar-refractivity contribution is 0.112. The minimum Gasteiger partial charge on any atom is -0.493 e. The molecule has 110 valence electrons. The zero-order chi connectivity index (χ0) is 15.4. The number of hydrogen-bond acceptors (Lipinski definition) is 3. The van der Waals surface area contributed by atoms with Gasteiger partial charge in [-0.05, 0) is 40.2 Å². The maximum absolute atomic E-state index is 13.7. The molecule has 0 atom stereocenters. The lowest BCUT2D eigenvalue weighted by atomic mass is 10.2. The molecule has 0 spiro atoms. The molecule has 0 aliphatic heterocycles. The van der Waals surface area contributed by atoms with E-state index >= 15 is 0 Å². The second kappa shape index (κ2) is 6.91. The van der Waals surface area contributed by atoms with Crippen LogP contribution in [0.1, 0.15) is 15.9 Å². The quantitative estimate of drug-likeness (QED) is 0.716. The SMILES string of the molecule is COc1cc(C=O)cc(Br)c1OCc1c(F)cccc1Cl. The van der Waals surface area contributed by atoms with Crippen molar-refractivity contribution in [1.29, 1.82) is 0 Å². The fourth-order valence-electron chi connectivity index (χ4n) is 1.76. The number of aldehydes is 1. The van der Waals surface area contributed by atoms with Crippen molar-refractivity contribution in [3.8, 4) is 11.5 Å². The highest BCUT2D eigenvalue weighted by molar-refractivity contribution is 9.10. The van der Waals surface area contributed by atoms with Crippen molar-refractivity contribution in [2.24, 2.45) is 0 Å². The third-order valence-corrected chi connectivity index (χ3v) is 3.75. The van der Waals surface area contributed by atoms with Gasteiger partial charge in [0.05, 0.1) is 16.6 Å². The first-order chi connectivity index (χ1) is 10.1. The van der Waals surface area contributed by atoms with E-state index in [0.29, 0.717) is 27.8 Å². The molecule has 0 N–H and O–H groups in total. The molecule has 0 amide bonds. The average molecular weight is 374 g/mol. The summed E-state index contributed by atoms with van der Waals surface area (Å²) in [4.78, 5) is 10.8. The lowest BCUT2D eigenvalue weighted by Crippen LogP contribution is -2.02. The van der Waals surface area contributed by atoms with Gasteiger partial charge in [-0.15, -0.1) is 0 Å². The van der Waals surface area contributed by atoms with Gasteiger partial charge >= 0.3 is 0 Å². The largest absolute Gasteiger partial charge is 0.493 e. The smallest absolute Gasteiger partial charge is 0.175 e. The predicted molar refractivity (Wildman–Crippen MR) is 81.8 cm³/mol. The van der Waals surface area contributed by atoms with E-state index in [0.717, 1.165) is 0 Å². The molecule has 0 heterocycles. The summed E-state index contributed by atoms with van der Waals surface area (Å²) in [7, 11) is 1.46. The van der Waals surface area contributed by atoms with Gasteiger partial charge in [0.25, 0.3) is 0 Å². The maximum atomic E-state index is 13.7. The van der Waals surface area contributed by atoms with Crippen molar-refractivity contribution in [3.05, 3.63) is 56.8 Å². The molecule has 2 rings (SSSR count). The molecule has 0 radical (unpaired) electrons. The van der Waals surface area contributed by atoms with Crippen LogP contribution >= 0.6 is 27.5 Å². The number of hydrogen-bond donors (Lipinski definition) is 0. The Morgan fingerprint density at radius 2 is 2.14 bits per heavy atom. The number of benzene rings is 2. The number of rotatable bonds is 5. The fraction of sp³-hybridized carbons (Fsp3) is 0.133. The maximum Gasteiger partial charge on any atom is 0.175 e. The fourth-order valence-corrected chi connectivity index (χ4v) is 2.55. The van der Waals surface area contributed by atoms with E-state index in [1.54, 1.807) is 12.1 Å². The molecule has 2 aromatic rings. The van der Waals surface area contributed by atoms with Crippen molar-refractivity contribution in [3.63, 3.8) is 0 Å². The predicted octanol–water partition coefficient (Wildman–Crippen LogP) is 4.64. The molecule has 21 heavy (non-hydrogen) atoms. The lowest BCUT2D eigenvalue weighted by Gasteiger charge is -2.14. The van der Waals surface area contributed by atoms with E-state index < -0.39 is 5.82 Å². The second-order valence-electron chi connectivity index (χ2n) is 4.14. The van der Waals surface area contributed by atoms with E-state index in [1.165, 1.54) is 25.3 Å². The Balaban J connectivity index is 2.30. The van der Waals surface area contributed by atoms with Gasteiger partial charge in [0.1, 0.15) is 18.7 Å². The molecule has 0 bridgehead atoms. The van der Waals surface area contributed by atoms with Gasteiger partial charge in [-0.2, -0.15) is 0 Å². The molecule has 6 heteroatoms. The Morgan fingerprint density at radius 3 is 2.76 bits per heavy atom. The summed E-state index contributed by atoms with van der Waals surface area (Å²) in [6.45, 7) is -0.0547. The number of ether oxygens (including phenoxy) is 2. The summed E-state index contributed by atoms with van der Waals surface area (Å²) >= 11 is 9.25.